The average Bonchev–Trinajstić information content (AvgIpc) is 3.00. The van der Waals surface area contributed by atoms with Crippen LogP contribution in [-0.2, 0) is 13.1 Å². The van der Waals surface area contributed by atoms with Crippen LogP contribution >= 0.6 is 0 Å². The van der Waals surface area contributed by atoms with Gasteiger partial charge in [-0.05, 0) is 48.4 Å². The SMILES string of the molecule is N#Cc1c(C2=CCCC[C@H](N)C2)n(Cc2ccccc2)c2c(=O)n(Cc3cccnc3)cnc12. The highest BCUT2D eigenvalue weighted by Crippen LogP contribution is 2.33. The Kier molecular flexibility index (Phi) is 6.07. The summed E-state index contributed by atoms with van der Waals surface area (Å²) in [5.74, 6) is 0. The zero-order valence-corrected chi connectivity index (χ0v) is 18.9. The Balaban J connectivity index is 1.75. The van der Waals surface area contributed by atoms with Crippen LogP contribution in [0.2, 0.25) is 0 Å². The fourth-order valence-corrected chi connectivity index (χ4v) is 4.75. The molecule has 0 spiro atoms. The van der Waals surface area contributed by atoms with Crippen molar-refractivity contribution >= 4 is 16.6 Å². The third-order valence-corrected chi connectivity index (χ3v) is 6.35. The van der Waals surface area contributed by atoms with E-state index in [1.54, 1.807) is 17.0 Å². The summed E-state index contributed by atoms with van der Waals surface area (Å²) in [4.78, 5) is 22.5. The monoisotopic (exact) mass is 450 g/mol. The molecular weight excluding hydrogens is 424 g/mol. The van der Waals surface area contributed by atoms with Crippen molar-refractivity contribution < 1.29 is 0 Å². The van der Waals surface area contributed by atoms with Gasteiger partial charge in [0.05, 0.1) is 18.6 Å². The van der Waals surface area contributed by atoms with Gasteiger partial charge in [-0.15, -0.1) is 0 Å². The van der Waals surface area contributed by atoms with Crippen molar-refractivity contribution in [3.63, 3.8) is 0 Å². The third kappa shape index (κ3) is 4.16. The fraction of sp³-hybridized carbons (Fsp3) is 0.259. The van der Waals surface area contributed by atoms with Crippen LogP contribution in [0.5, 0.6) is 0 Å². The lowest BCUT2D eigenvalue weighted by Crippen LogP contribution is -2.24. The quantitative estimate of drug-likeness (QED) is 0.498. The smallest absolute Gasteiger partial charge is 0.278 e. The molecule has 1 aliphatic rings. The highest BCUT2D eigenvalue weighted by atomic mass is 16.1. The molecule has 5 rings (SSSR count). The van der Waals surface area contributed by atoms with Crippen molar-refractivity contribution in [3.05, 3.63) is 100.0 Å². The molecule has 1 aliphatic carbocycles. The Morgan fingerprint density at radius 1 is 1.12 bits per heavy atom. The van der Waals surface area contributed by atoms with Gasteiger partial charge in [-0.2, -0.15) is 5.26 Å². The topological polar surface area (TPSA) is 103 Å². The Morgan fingerprint density at radius 2 is 1.94 bits per heavy atom. The number of aromatic nitrogens is 4. The van der Waals surface area contributed by atoms with E-state index >= 15 is 0 Å². The highest BCUT2D eigenvalue weighted by Gasteiger charge is 2.26. The number of benzene rings is 1. The van der Waals surface area contributed by atoms with Crippen LogP contribution in [-0.4, -0.2) is 25.1 Å². The first-order valence-corrected chi connectivity index (χ1v) is 11.5. The van der Waals surface area contributed by atoms with E-state index in [1.165, 1.54) is 6.33 Å². The first-order valence-electron chi connectivity index (χ1n) is 11.5. The first-order chi connectivity index (χ1) is 16.7. The van der Waals surface area contributed by atoms with E-state index in [0.29, 0.717) is 36.1 Å². The van der Waals surface area contributed by atoms with Crippen molar-refractivity contribution in [2.24, 2.45) is 5.73 Å². The molecule has 0 unspecified atom stereocenters. The maximum absolute atomic E-state index is 13.8. The molecule has 0 saturated carbocycles. The summed E-state index contributed by atoms with van der Waals surface area (Å²) in [5, 5.41) is 10.2. The molecule has 0 bridgehead atoms. The third-order valence-electron chi connectivity index (χ3n) is 6.35. The van der Waals surface area contributed by atoms with E-state index in [2.05, 4.69) is 22.1 Å². The molecule has 0 amide bonds. The van der Waals surface area contributed by atoms with Crippen molar-refractivity contribution in [1.82, 2.24) is 19.1 Å². The van der Waals surface area contributed by atoms with Gasteiger partial charge in [0.25, 0.3) is 5.56 Å². The van der Waals surface area contributed by atoms with Crippen molar-refractivity contribution in [2.45, 2.75) is 44.8 Å². The molecular formula is C27H26N6O. The number of rotatable bonds is 5. The minimum absolute atomic E-state index is 0.0266. The molecule has 4 aromatic rings. The number of hydrogen-bond acceptors (Lipinski definition) is 5. The van der Waals surface area contributed by atoms with E-state index in [9.17, 15) is 10.1 Å². The van der Waals surface area contributed by atoms with Gasteiger partial charge in [0, 0.05) is 25.0 Å². The van der Waals surface area contributed by atoms with Crippen molar-refractivity contribution in [1.29, 1.82) is 5.26 Å². The molecule has 3 aromatic heterocycles. The standard InChI is InChI=1S/C27H26N6O/c28-14-23-24-26(27(34)32(18-31-24)16-20-9-6-12-30-15-20)33(17-19-7-2-1-3-8-19)25(23)21-10-4-5-11-22(29)13-21/h1-3,6-10,12,15,18,22H,4-5,11,13,16-17,29H2/t22-/m0/s1. The second-order valence-corrected chi connectivity index (χ2v) is 8.77. The van der Waals surface area contributed by atoms with Gasteiger partial charge in [-0.25, -0.2) is 4.98 Å². The Hall–Kier alpha value is -4.02. The molecule has 34 heavy (non-hydrogen) atoms. The Labute approximate surface area is 197 Å². The minimum Gasteiger partial charge on any atom is -0.329 e. The Morgan fingerprint density at radius 3 is 2.71 bits per heavy atom. The number of pyridine rings is 1. The van der Waals surface area contributed by atoms with Gasteiger partial charge in [0.1, 0.15) is 22.7 Å². The van der Waals surface area contributed by atoms with Crippen molar-refractivity contribution in [3.8, 4) is 6.07 Å². The van der Waals surface area contributed by atoms with Crippen LogP contribution in [0.1, 0.15) is 48.1 Å². The van der Waals surface area contributed by atoms with E-state index < -0.39 is 0 Å². The number of nitriles is 1. The first kappa shape index (κ1) is 21.8. The lowest BCUT2D eigenvalue weighted by atomic mass is 10.0. The lowest BCUT2D eigenvalue weighted by molar-refractivity contribution is 0.610. The van der Waals surface area contributed by atoms with Crippen LogP contribution in [0, 0.1) is 11.3 Å². The molecule has 0 aliphatic heterocycles. The molecule has 170 valence electrons. The lowest BCUT2D eigenvalue weighted by Gasteiger charge is -2.16. The maximum Gasteiger partial charge on any atom is 0.278 e. The van der Waals surface area contributed by atoms with Gasteiger partial charge >= 0.3 is 0 Å². The minimum atomic E-state index is -0.175. The predicted octanol–water partition coefficient (Wildman–Crippen LogP) is 3.85. The molecule has 2 N–H and O–H groups in total. The molecule has 0 radical (unpaired) electrons. The van der Waals surface area contributed by atoms with Crippen molar-refractivity contribution in [2.75, 3.05) is 0 Å². The Bertz CT molecular complexity index is 1440. The molecule has 0 saturated heterocycles. The number of fused-ring (bicyclic) bond motifs is 1. The normalized spacial score (nSPS) is 16.1. The summed E-state index contributed by atoms with van der Waals surface area (Å²) < 4.78 is 3.56. The molecule has 7 heteroatoms. The molecule has 1 atom stereocenters. The summed E-state index contributed by atoms with van der Waals surface area (Å²) in [5.41, 5.74) is 11.3. The predicted molar refractivity (Wildman–Crippen MR) is 132 cm³/mol. The molecule has 3 heterocycles. The number of nitrogens with two attached hydrogens (primary N) is 1. The zero-order valence-electron chi connectivity index (χ0n) is 18.9. The second kappa shape index (κ2) is 9.46. The van der Waals surface area contributed by atoms with E-state index in [-0.39, 0.29) is 11.6 Å². The number of allylic oxidation sites excluding steroid dienone is 1. The van der Waals surface area contributed by atoms with Gasteiger partial charge < -0.3 is 10.3 Å². The maximum atomic E-state index is 13.8. The van der Waals surface area contributed by atoms with Crippen LogP contribution in [0.25, 0.3) is 16.6 Å². The van der Waals surface area contributed by atoms with Crippen LogP contribution < -0.4 is 11.3 Å². The summed E-state index contributed by atoms with van der Waals surface area (Å²) in [7, 11) is 0. The van der Waals surface area contributed by atoms with E-state index in [0.717, 1.165) is 41.7 Å². The zero-order chi connectivity index (χ0) is 23.5. The largest absolute Gasteiger partial charge is 0.329 e. The van der Waals surface area contributed by atoms with E-state index in [4.69, 9.17) is 5.73 Å². The summed E-state index contributed by atoms with van der Waals surface area (Å²) in [6.45, 7) is 0.825. The van der Waals surface area contributed by atoms with Gasteiger partial charge in [-0.3, -0.25) is 14.3 Å². The summed E-state index contributed by atoms with van der Waals surface area (Å²) in [6, 6.07) is 16.1. The van der Waals surface area contributed by atoms with Gasteiger partial charge in [0.15, 0.2) is 0 Å². The average molecular weight is 451 g/mol. The van der Waals surface area contributed by atoms with Crippen LogP contribution in [0.3, 0.4) is 0 Å². The van der Waals surface area contributed by atoms with Crippen LogP contribution in [0.4, 0.5) is 0 Å². The molecule has 1 aromatic carbocycles. The number of nitrogens with zero attached hydrogens (tertiary/aromatic N) is 5. The highest BCUT2D eigenvalue weighted by molar-refractivity contribution is 5.89. The molecule has 7 nitrogen and oxygen atoms in total. The summed E-state index contributed by atoms with van der Waals surface area (Å²) in [6.07, 6.45) is 10.7. The fourth-order valence-electron chi connectivity index (χ4n) is 4.75. The second-order valence-electron chi connectivity index (χ2n) is 8.77. The van der Waals surface area contributed by atoms with Gasteiger partial charge in [-0.1, -0.05) is 42.5 Å². The van der Waals surface area contributed by atoms with E-state index in [1.807, 2.05) is 47.0 Å². The molecule has 0 fully saturated rings. The summed E-state index contributed by atoms with van der Waals surface area (Å²) >= 11 is 0. The van der Waals surface area contributed by atoms with Gasteiger partial charge in [0.2, 0.25) is 0 Å². The number of hydrogen-bond donors (Lipinski definition) is 1. The van der Waals surface area contributed by atoms with Crippen LogP contribution in [0.15, 0.2) is 72.1 Å².